The lowest BCUT2D eigenvalue weighted by molar-refractivity contribution is 0.0170. The van der Waals surface area contributed by atoms with Crippen LogP contribution in [0.4, 0.5) is 4.39 Å². The minimum atomic E-state index is -0.202. The van der Waals surface area contributed by atoms with Crippen LogP contribution in [0.3, 0.4) is 0 Å². The number of rotatable bonds is 9. The number of unbranched alkanes of at least 4 members (excludes halogenated alkanes) is 1. The Hall–Kier alpha value is -1.01. The lowest BCUT2D eigenvalue weighted by Crippen LogP contribution is -2.46. The number of hydrogen-bond donors (Lipinski definition) is 2. The molecular weight excluding hydrogens is 522 g/mol. The molecule has 1 aromatic rings. The van der Waals surface area contributed by atoms with Gasteiger partial charge >= 0.3 is 0 Å². The topological polar surface area (TPSA) is 55.4 Å². The maximum Gasteiger partial charge on any atom is 0.191 e. The zero-order valence-corrected chi connectivity index (χ0v) is 21.9. The summed E-state index contributed by atoms with van der Waals surface area (Å²) in [7, 11) is 4.00. The summed E-state index contributed by atoms with van der Waals surface area (Å²) in [5, 5.41) is 6.91. The van der Waals surface area contributed by atoms with E-state index in [4.69, 9.17) is 4.74 Å². The predicted molar refractivity (Wildman–Crippen MR) is 139 cm³/mol. The van der Waals surface area contributed by atoms with E-state index in [9.17, 15) is 4.39 Å². The number of piperazine rings is 1. The molecule has 0 saturated carbocycles. The second kappa shape index (κ2) is 15.0. The second-order valence-electron chi connectivity index (χ2n) is 8.45. The van der Waals surface area contributed by atoms with E-state index in [0.717, 1.165) is 50.8 Å². The Labute approximate surface area is 209 Å². The van der Waals surface area contributed by atoms with Crippen LogP contribution in [0, 0.1) is 5.82 Å². The summed E-state index contributed by atoms with van der Waals surface area (Å²) in [6.45, 7) is 10.7. The van der Waals surface area contributed by atoms with Gasteiger partial charge in [0.15, 0.2) is 5.96 Å². The molecule has 2 saturated heterocycles. The van der Waals surface area contributed by atoms with E-state index < -0.39 is 0 Å². The normalized spacial score (nSPS) is 19.9. The van der Waals surface area contributed by atoms with Crippen LogP contribution in [0.5, 0.6) is 0 Å². The molecule has 2 aliphatic heterocycles. The summed E-state index contributed by atoms with van der Waals surface area (Å²) in [5.74, 6) is 0.617. The summed E-state index contributed by atoms with van der Waals surface area (Å²) in [6, 6.07) is 6.99. The number of morpholine rings is 1. The minimum absolute atomic E-state index is 0. The predicted octanol–water partition coefficient (Wildman–Crippen LogP) is 2.01. The van der Waals surface area contributed by atoms with Gasteiger partial charge in [-0.2, -0.15) is 0 Å². The standard InChI is InChI=1S/C23H39FN6O.HI/c1-25-23(26-9-3-4-10-29-13-11-28(2)12-14-29)27-19-22(30-15-17-31-18-16-30)20-5-7-21(24)8-6-20;/h5-8,22H,3-4,9-19H2,1-2H3,(H2,25,26,27);1H. The van der Waals surface area contributed by atoms with Gasteiger partial charge in [0.1, 0.15) is 5.82 Å². The first-order valence-corrected chi connectivity index (χ1v) is 11.6. The van der Waals surface area contributed by atoms with E-state index in [-0.39, 0.29) is 35.8 Å². The van der Waals surface area contributed by atoms with Gasteiger partial charge in [-0.1, -0.05) is 12.1 Å². The first-order chi connectivity index (χ1) is 15.2. The van der Waals surface area contributed by atoms with Gasteiger partial charge in [-0.15, -0.1) is 24.0 Å². The number of guanidine groups is 1. The summed E-state index contributed by atoms with van der Waals surface area (Å²) in [5.41, 5.74) is 1.11. The van der Waals surface area contributed by atoms with Crippen LogP contribution in [0.15, 0.2) is 29.3 Å². The van der Waals surface area contributed by atoms with Crippen LogP contribution < -0.4 is 10.6 Å². The van der Waals surface area contributed by atoms with Crippen LogP contribution in [0.25, 0.3) is 0 Å². The number of benzene rings is 1. The molecular formula is C23H40FIN6O. The lowest BCUT2D eigenvalue weighted by atomic mass is 10.0. The van der Waals surface area contributed by atoms with E-state index >= 15 is 0 Å². The first-order valence-electron chi connectivity index (χ1n) is 11.6. The molecule has 1 unspecified atom stereocenters. The van der Waals surface area contributed by atoms with E-state index in [1.807, 2.05) is 12.1 Å². The number of halogens is 2. The molecule has 0 bridgehead atoms. The molecule has 1 atom stereocenters. The van der Waals surface area contributed by atoms with Crippen molar-refractivity contribution in [3.05, 3.63) is 35.6 Å². The summed E-state index contributed by atoms with van der Waals surface area (Å²) in [6.07, 6.45) is 2.32. The zero-order valence-electron chi connectivity index (χ0n) is 19.6. The van der Waals surface area contributed by atoms with Crippen LogP contribution >= 0.6 is 24.0 Å². The molecule has 2 heterocycles. The molecule has 3 rings (SSSR count). The summed E-state index contributed by atoms with van der Waals surface area (Å²) < 4.78 is 18.9. The summed E-state index contributed by atoms with van der Waals surface area (Å²) >= 11 is 0. The third kappa shape index (κ3) is 9.09. The van der Waals surface area contributed by atoms with Gasteiger partial charge in [-0.3, -0.25) is 9.89 Å². The smallest absolute Gasteiger partial charge is 0.191 e. The molecule has 0 aliphatic carbocycles. The molecule has 0 aromatic heterocycles. The monoisotopic (exact) mass is 562 g/mol. The summed E-state index contributed by atoms with van der Waals surface area (Å²) in [4.78, 5) is 11.7. The molecule has 0 radical (unpaired) electrons. The number of nitrogens with zero attached hydrogens (tertiary/aromatic N) is 4. The highest BCUT2D eigenvalue weighted by Crippen LogP contribution is 2.21. The third-order valence-corrected chi connectivity index (χ3v) is 6.22. The van der Waals surface area contributed by atoms with Crippen molar-refractivity contribution in [1.82, 2.24) is 25.3 Å². The lowest BCUT2D eigenvalue weighted by Gasteiger charge is -2.35. The number of nitrogens with one attached hydrogen (secondary N) is 2. The average Bonchev–Trinajstić information content (AvgIpc) is 2.80. The molecule has 32 heavy (non-hydrogen) atoms. The van der Waals surface area contributed by atoms with Crippen molar-refractivity contribution in [2.24, 2.45) is 4.99 Å². The Morgan fingerprint density at radius 3 is 2.38 bits per heavy atom. The van der Waals surface area contributed by atoms with Crippen LogP contribution in [0.1, 0.15) is 24.4 Å². The van der Waals surface area contributed by atoms with Gasteiger partial charge in [-0.05, 0) is 44.1 Å². The van der Waals surface area contributed by atoms with E-state index in [0.29, 0.717) is 6.54 Å². The number of hydrogen-bond acceptors (Lipinski definition) is 5. The van der Waals surface area contributed by atoms with Crippen LogP contribution in [-0.4, -0.2) is 107 Å². The molecule has 2 N–H and O–H groups in total. The van der Waals surface area contributed by atoms with Crippen LogP contribution in [-0.2, 0) is 4.74 Å². The van der Waals surface area contributed by atoms with Crippen molar-refractivity contribution in [3.8, 4) is 0 Å². The van der Waals surface area contributed by atoms with E-state index in [1.54, 1.807) is 7.05 Å². The van der Waals surface area contributed by atoms with Crippen molar-refractivity contribution in [2.75, 3.05) is 86.2 Å². The highest BCUT2D eigenvalue weighted by Gasteiger charge is 2.23. The van der Waals surface area contributed by atoms with Gasteiger partial charge in [0.25, 0.3) is 0 Å². The number of likely N-dealkylation sites (N-methyl/N-ethyl adjacent to an activating group) is 1. The Kier molecular flexibility index (Phi) is 12.8. The minimum Gasteiger partial charge on any atom is -0.379 e. The van der Waals surface area contributed by atoms with Gasteiger partial charge in [0, 0.05) is 59.4 Å². The van der Waals surface area contributed by atoms with Crippen molar-refractivity contribution in [3.63, 3.8) is 0 Å². The van der Waals surface area contributed by atoms with Crippen LogP contribution in [0.2, 0.25) is 0 Å². The average molecular weight is 563 g/mol. The Bertz CT molecular complexity index is 663. The Morgan fingerprint density at radius 2 is 1.72 bits per heavy atom. The molecule has 0 spiro atoms. The van der Waals surface area contributed by atoms with E-state index in [1.165, 1.54) is 51.3 Å². The van der Waals surface area contributed by atoms with Crippen molar-refractivity contribution in [2.45, 2.75) is 18.9 Å². The number of ether oxygens (including phenoxy) is 1. The fraction of sp³-hybridized carbons (Fsp3) is 0.696. The molecule has 1 aromatic carbocycles. The fourth-order valence-electron chi connectivity index (χ4n) is 4.18. The number of aliphatic imine (C=N–C) groups is 1. The Morgan fingerprint density at radius 1 is 1.03 bits per heavy atom. The molecule has 2 aliphatic rings. The van der Waals surface area contributed by atoms with Crippen molar-refractivity contribution in [1.29, 1.82) is 0 Å². The second-order valence-corrected chi connectivity index (χ2v) is 8.45. The quantitative estimate of drug-likeness (QED) is 0.208. The molecule has 9 heteroatoms. The first kappa shape index (κ1) is 27.2. The highest BCUT2D eigenvalue weighted by molar-refractivity contribution is 14.0. The fourth-order valence-corrected chi connectivity index (χ4v) is 4.18. The maximum atomic E-state index is 13.4. The largest absolute Gasteiger partial charge is 0.379 e. The molecule has 7 nitrogen and oxygen atoms in total. The Balaban J connectivity index is 0.00000363. The highest BCUT2D eigenvalue weighted by atomic mass is 127. The van der Waals surface area contributed by atoms with Gasteiger partial charge in [0.05, 0.1) is 19.3 Å². The van der Waals surface area contributed by atoms with Gasteiger partial charge in [0.2, 0.25) is 0 Å². The molecule has 182 valence electrons. The van der Waals surface area contributed by atoms with Crippen molar-refractivity contribution >= 4 is 29.9 Å². The van der Waals surface area contributed by atoms with Crippen molar-refractivity contribution < 1.29 is 9.13 Å². The third-order valence-electron chi connectivity index (χ3n) is 6.22. The molecule has 0 amide bonds. The zero-order chi connectivity index (χ0) is 21.9. The van der Waals surface area contributed by atoms with E-state index in [2.05, 4.69) is 37.4 Å². The maximum absolute atomic E-state index is 13.4. The SMILES string of the molecule is CN=C(NCCCCN1CCN(C)CC1)NCC(c1ccc(F)cc1)N1CCOCC1.I. The van der Waals surface area contributed by atoms with Gasteiger partial charge in [-0.25, -0.2) is 4.39 Å². The molecule has 2 fully saturated rings. The van der Waals surface area contributed by atoms with Gasteiger partial charge < -0.3 is 25.2 Å².